The summed E-state index contributed by atoms with van der Waals surface area (Å²) >= 11 is 0. The second-order valence-electron chi connectivity index (χ2n) is 0.870. The lowest BCUT2D eigenvalue weighted by Gasteiger charge is -1.61. The highest BCUT2D eigenvalue weighted by Crippen LogP contribution is 2.80. The van der Waals surface area contributed by atoms with E-state index in [0.29, 0.717) is 0 Å². The smallest absolute Gasteiger partial charge is 0.0794 e. The molecule has 0 radical (unpaired) electrons. The summed E-state index contributed by atoms with van der Waals surface area (Å²) in [4.78, 5) is 0. The molecule has 0 amide bonds. The minimum absolute atomic E-state index is 1.47. The molecule has 0 saturated carbocycles. The quantitative estimate of drug-likeness (QED) is 0.220. The Balaban J connectivity index is 2.70. The monoisotopic (exact) mass is 127 g/mol. The summed E-state index contributed by atoms with van der Waals surface area (Å²) in [5.41, 5.74) is 0. The van der Waals surface area contributed by atoms with Gasteiger partial charge in [0, 0.05) is 22.0 Å². The van der Waals surface area contributed by atoms with E-state index in [1.807, 2.05) is 3.12 Å². The van der Waals surface area contributed by atoms with E-state index in [1.54, 1.807) is 0 Å². The van der Waals surface area contributed by atoms with Crippen LogP contribution in [0, 0.1) is 0 Å². The Morgan fingerprint density at radius 2 is 1.80 bits per heavy atom. The van der Waals surface area contributed by atoms with E-state index in [-0.39, 0.29) is 0 Å². The molecular weight excluding hydrogens is 126 g/mol. The van der Waals surface area contributed by atoms with Crippen LogP contribution in [0.5, 0.6) is 0 Å². The highest BCUT2D eigenvalue weighted by Gasteiger charge is 2.64. The van der Waals surface area contributed by atoms with Gasteiger partial charge in [-0.05, 0) is 0 Å². The maximum Gasteiger partial charge on any atom is 0.0794 e. The predicted octanol–water partition coefficient (Wildman–Crippen LogP) is 0.374. The summed E-state index contributed by atoms with van der Waals surface area (Å²) in [7, 11) is 1.39. The average molecular weight is 127 g/mol. The molecule has 5 heavy (non-hydrogen) atoms. The van der Waals surface area contributed by atoms with Crippen molar-refractivity contribution in [1.82, 2.24) is 3.12 Å². The van der Waals surface area contributed by atoms with Gasteiger partial charge in [-0.15, -0.1) is 0 Å². The van der Waals surface area contributed by atoms with Gasteiger partial charge in [0.1, 0.15) is 0 Å². The van der Waals surface area contributed by atoms with E-state index in [4.69, 9.17) is 0 Å². The van der Waals surface area contributed by atoms with Gasteiger partial charge in [-0.1, -0.05) is 3.12 Å². The summed E-state index contributed by atoms with van der Waals surface area (Å²) in [6, 6.07) is 0. The second-order valence-corrected chi connectivity index (χ2v) is 8.68. The molecule has 2 aliphatic rings. The molecule has 0 aromatic rings. The molecule has 2 aliphatic heterocycles. The van der Waals surface area contributed by atoms with Gasteiger partial charge in [0.25, 0.3) is 0 Å². The van der Waals surface area contributed by atoms with Crippen LogP contribution in [0.4, 0.5) is 0 Å². The zero-order valence-electron chi connectivity index (χ0n) is 2.12. The number of nitrogens with zero attached hydrogens (tertiary/aromatic N) is 1. The maximum absolute atomic E-state index is 10.3. The third-order valence-corrected chi connectivity index (χ3v) is 8.07. The maximum atomic E-state index is 10.3. The number of hydrogen-bond acceptors (Lipinski definition) is 3. The largest absolute Gasteiger partial charge is 0.247 e. The van der Waals surface area contributed by atoms with Gasteiger partial charge >= 0.3 is 0 Å². The fourth-order valence-corrected chi connectivity index (χ4v) is 5.66. The van der Waals surface area contributed by atoms with Crippen molar-refractivity contribution < 1.29 is 4.21 Å². The number of thiol groups is 1. The highest BCUT2D eigenvalue weighted by molar-refractivity contribution is 9.32. The van der Waals surface area contributed by atoms with E-state index in [2.05, 4.69) is 0 Å². The van der Waals surface area contributed by atoms with E-state index in [1.165, 1.54) is 22.0 Å². The molecule has 0 bridgehead atoms. The van der Waals surface area contributed by atoms with Crippen molar-refractivity contribution in [3.8, 4) is 0 Å². The second kappa shape index (κ2) is 0.501. The number of rotatable bonds is 0. The van der Waals surface area contributed by atoms with Crippen LogP contribution in [-0.2, 0) is 8.18 Å². The molecule has 0 aromatic heterocycles. The number of hydrogen-bond donors (Lipinski definition) is 1. The molecule has 30 valence electrons. The average Bonchev–Trinajstić information content (AvgIpc) is 1.74. The van der Waals surface area contributed by atoms with Crippen molar-refractivity contribution in [1.29, 1.82) is 0 Å². The Morgan fingerprint density at radius 1 is 1.60 bits per heavy atom. The van der Waals surface area contributed by atoms with Crippen molar-refractivity contribution in [2.45, 2.75) is 0 Å². The van der Waals surface area contributed by atoms with Crippen molar-refractivity contribution in [3.05, 3.63) is 0 Å². The molecule has 2 nitrogen and oxygen atoms in total. The Morgan fingerprint density at radius 3 is 1.80 bits per heavy atom. The van der Waals surface area contributed by atoms with Crippen LogP contribution in [0.15, 0.2) is 0 Å². The van der Waals surface area contributed by atoms with Crippen LogP contribution < -0.4 is 0 Å². The lowest BCUT2D eigenvalue weighted by Crippen LogP contribution is -1.43. The predicted molar refractivity (Wildman–Crippen MR) is 26.6 cm³/mol. The minimum Gasteiger partial charge on any atom is -0.247 e. The first-order chi connectivity index (χ1) is 2.31. The zero-order chi connectivity index (χ0) is 3.49. The Hall–Kier alpha value is 0.810. The first-order valence-electron chi connectivity index (χ1n) is 1.11. The molecule has 2 fully saturated rings. The van der Waals surface area contributed by atoms with Crippen LogP contribution in [0.3, 0.4) is 0 Å². The minimum atomic E-state index is -1.56. The van der Waals surface area contributed by atoms with Gasteiger partial charge in [-0.25, -0.2) is 4.21 Å². The van der Waals surface area contributed by atoms with Gasteiger partial charge in [-0.2, -0.15) is 0 Å². The Bertz CT molecular complexity index is 108. The Kier molecular flexibility index (Phi) is 0.290. The summed E-state index contributed by atoms with van der Waals surface area (Å²) in [5, 5.41) is 0. The SMILES string of the molecule is O=[SH]12SN1S2. The molecule has 0 atom stereocenters. The zero-order valence-corrected chi connectivity index (χ0v) is 4.65. The van der Waals surface area contributed by atoms with Crippen LogP contribution in [0.2, 0.25) is 0 Å². The van der Waals surface area contributed by atoms with E-state index < -0.39 is 8.18 Å². The van der Waals surface area contributed by atoms with Crippen LogP contribution in [0.25, 0.3) is 0 Å². The molecule has 2 rings (SSSR count). The summed E-state index contributed by atoms with van der Waals surface area (Å²) in [6.45, 7) is 0. The lowest BCUT2D eigenvalue weighted by atomic mass is 13.9. The first kappa shape index (κ1) is 2.90. The Labute approximate surface area is 37.9 Å². The number of fused-ring (bicyclic) bond motifs is 1. The molecule has 0 spiro atoms. The molecule has 0 aliphatic carbocycles. The fraction of sp³-hybridized carbons (Fsp3) is 0. The van der Waals surface area contributed by atoms with Gasteiger partial charge in [0.2, 0.25) is 0 Å². The van der Waals surface area contributed by atoms with Gasteiger partial charge < -0.3 is 0 Å². The normalized spacial score (nSPS) is 57.2. The van der Waals surface area contributed by atoms with Crippen LogP contribution >= 0.6 is 22.0 Å². The van der Waals surface area contributed by atoms with Crippen molar-refractivity contribution >= 4 is 30.1 Å². The molecule has 5 heteroatoms. The van der Waals surface area contributed by atoms with Crippen LogP contribution in [0.1, 0.15) is 0 Å². The van der Waals surface area contributed by atoms with Crippen molar-refractivity contribution in [2.75, 3.05) is 0 Å². The molecular formula is HNOS3. The lowest BCUT2D eigenvalue weighted by molar-refractivity contribution is 0.691. The van der Waals surface area contributed by atoms with Gasteiger partial charge in [0.15, 0.2) is 0 Å². The third kappa shape index (κ3) is 0.231. The summed E-state index contributed by atoms with van der Waals surface area (Å²) in [5.74, 6) is 0. The molecule has 0 N–H and O–H groups in total. The fourth-order valence-electron chi connectivity index (χ4n) is 0.150. The topological polar surface area (TPSA) is 20.1 Å². The highest BCUT2D eigenvalue weighted by atomic mass is 33.6. The van der Waals surface area contributed by atoms with E-state index in [0.717, 1.165) is 0 Å². The summed E-state index contributed by atoms with van der Waals surface area (Å²) < 4.78 is 12.1. The first-order valence-corrected chi connectivity index (χ1v) is 5.53. The third-order valence-electron chi connectivity index (χ3n) is 0.497. The van der Waals surface area contributed by atoms with Crippen LogP contribution in [-0.4, -0.2) is 7.32 Å². The van der Waals surface area contributed by atoms with Gasteiger partial charge in [0.05, 0.1) is 8.18 Å². The van der Waals surface area contributed by atoms with E-state index in [9.17, 15) is 4.21 Å². The molecule has 2 saturated heterocycles. The van der Waals surface area contributed by atoms with Crippen molar-refractivity contribution in [3.63, 3.8) is 0 Å². The van der Waals surface area contributed by atoms with Gasteiger partial charge in [-0.3, -0.25) is 0 Å². The van der Waals surface area contributed by atoms with Crippen molar-refractivity contribution in [2.24, 2.45) is 0 Å². The molecule has 2 heterocycles. The van der Waals surface area contributed by atoms with E-state index >= 15 is 0 Å². The molecule has 0 unspecified atom stereocenters. The standard InChI is InChI=1S/HNOS3/c2-5-1(3-5)4-5/h5H. The summed E-state index contributed by atoms with van der Waals surface area (Å²) in [6.07, 6.45) is 0. The molecule has 0 aromatic carbocycles.